The van der Waals surface area contributed by atoms with Crippen molar-refractivity contribution in [3.05, 3.63) is 37.1 Å². The minimum atomic E-state index is -0.427. The third-order valence-electron chi connectivity index (χ3n) is 4.03. The van der Waals surface area contributed by atoms with Gasteiger partial charge in [-0.3, -0.25) is 19.2 Å². The van der Waals surface area contributed by atoms with Crippen molar-refractivity contribution in [1.82, 2.24) is 24.8 Å². The Kier molecular flexibility index (Phi) is 19.1. The Bertz CT molecular complexity index is 898. The first kappa shape index (κ1) is 34.0. The van der Waals surface area contributed by atoms with Crippen LogP contribution in [0.25, 0.3) is 0 Å². The van der Waals surface area contributed by atoms with Crippen LogP contribution in [-0.4, -0.2) is 73.9 Å². The topological polar surface area (TPSA) is 164 Å². The molecule has 6 N–H and O–H groups in total. The van der Waals surface area contributed by atoms with Gasteiger partial charge in [-0.15, -0.1) is 0 Å². The summed E-state index contributed by atoms with van der Waals surface area (Å²) in [6, 6.07) is 1.70. The predicted molar refractivity (Wildman–Crippen MR) is 123 cm³/mol. The van der Waals surface area contributed by atoms with Gasteiger partial charge < -0.3 is 35.6 Å². The van der Waals surface area contributed by atoms with E-state index in [4.69, 9.17) is 0 Å². The van der Waals surface area contributed by atoms with Crippen LogP contribution in [0.15, 0.2) is 18.5 Å². The molecular weight excluding hydrogens is 723 g/mol. The van der Waals surface area contributed by atoms with Gasteiger partial charge in [-0.2, -0.15) is 7.11 Å². The number of anilines is 1. The largest absolute Gasteiger partial charge is 0 e. The molecule has 3 amide bonds. The fourth-order valence-electron chi connectivity index (χ4n) is 2.37. The summed E-state index contributed by atoms with van der Waals surface area (Å²) in [4.78, 5) is 49.9. The van der Waals surface area contributed by atoms with E-state index in [1.165, 1.54) is 0 Å². The number of ether oxygens (including phenoxy) is 1. The Labute approximate surface area is 226 Å². The molecule has 0 fully saturated rings. The summed E-state index contributed by atoms with van der Waals surface area (Å²) in [6.45, 7) is 2.42. The molecule has 4 radical (unpaired) electrons. The van der Waals surface area contributed by atoms with Gasteiger partial charge in [0.25, 0.3) is 11.9 Å². The second kappa shape index (κ2) is 19.1. The molecule has 2 aromatic rings. The van der Waals surface area contributed by atoms with Crippen LogP contribution < -0.4 is 21.7 Å². The van der Waals surface area contributed by atoms with Crippen molar-refractivity contribution < 1.29 is 50.1 Å². The SMILES string of the molecule is Cc1nc(NC(=O)CCNC(=O)c2cc([NH3+])cn2C)cn1C.[CH2-]OC(=O)CCNC=O.[CH3][Sn].[Re]. The molecule has 0 saturated carbocycles. The van der Waals surface area contributed by atoms with Crippen LogP contribution >= 0.6 is 0 Å². The Morgan fingerprint density at radius 1 is 1.18 bits per heavy atom. The number of quaternary nitrogens is 1. The second-order valence-corrected chi connectivity index (χ2v) is 6.52. The minimum absolute atomic E-state index is 0. The molecule has 0 unspecified atom stereocenters. The van der Waals surface area contributed by atoms with Gasteiger partial charge in [-0.1, -0.05) is 0 Å². The summed E-state index contributed by atoms with van der Waals surface area (Å²) >= 11 is 1.55. The van der Waals surface area contributed by atoms with Crippen molar-refractivity contribution in [2.24, 2.45) is 14.1 Å². The maximum Gasteiger partial charge on any atom is 0 e. The number of nitrogens with one attached hydrogen (secondary N) is 3. The van der Waals surface area contributed by atoms with Crippen LogP contribution in [0, 0.1) is 14.0 Å². The van der Waals surface area contributed by atoms with E-state index < -0.39 is 5.97 Å². The monoisotopic (exact) mass is 757 g/mol. The third-order valence-corrected chi connectivity index (χ3v) is 4.03. The molecule has 0 atom stereocenters. The number of imidazole rings is 1. The summed E-state index contributed by atoms with van der Waals surface area (Å²) < 4.78 is 7.58. The van der Waals surface area contributed by atoms with Gasteiger partial charge in [-0.25, -0.2) is 4.98 Å². The van der Waals surface area contributed by atoms with Gasteiger partial charge in [0.15, 0.2) is 5.82 Å². The maximum atomic E-state index is 12.0. The molecule has 0 spiro atoms. The van der Waals surface area contributed by atoms with Crippen molar-refractivity contribution in [3.63, 3.8) is 0 Å². The zero-order valence-corrected chi connectivity index (χ0v) is 25.4. The Hall–Kier alpha value is -2.21. The van der Waals surface area contributed by atoms with Gasteiger partial charge in [0.2, 0.25) is 12.3 Å². The first-order valence-corrected chi connectivity index (χ1v) is 12.7. The molecule has 0 aliphatic carbocycles. The van der Waals surface area contributed by atoms with Gasteiger partial charge in [0.1, 0.15) is 17.2 Å². The molecule has 188 valence electrons. The molecule has 34 heavy (non-hydrogen) atoms. The Morgan fingerprint density at radius 3 is 2.29 bits per heavy atom. The predicted octanol–water partition coefficient (Wildman–Crippen LogP) is -0.643. The number of esters is 1. The zero-order valence-electron chi connectivity index (χ0n) is 19.8. The van der Waals surface area contributed by atoms with Crippen LogP contribution in [0.1, 0.15) is 29.2 Å². The number of carbonyl (C=O) groups is 4. The van der Waals surface area contributed by atoms with Crippen molar-refractivity contribution in [1.29, 1.82) is 0 Å². The first-order valence-electron chi connectivity index (χ1n) is 9.86. The molecule has 0 bridgehead atoms. The second-order valence-electron chi connectivity index (χ2n) is 6.52. The fourth-order valence-corrected chi connectivity index (χ4v) is 2.37. The number of rotatable bonds is 9. The normalized spacial score (nSPS) is 9.15. The van der Waals surface area contributed by atoms with E-state index in [-0.39, 0.29) is 51.6 Å². The number of hydrogen-bond acceptors (Lipinski definition) is 6. The smallest absolute Gasteiger partial charge is 0 e. The van der Waals surface area contributed by atoms with Gasteiger partial charge in [0, 0.05) is 66.3 Å². The van der Waals surface area contributed by atoms with Gasteiger partial charge in [-0.05, 0) is 6.92 Å². The van der Waals surface area contributed by atoms with Crippen molar-refractivity contribution in [2.75, 3.05) is 18.4 Å². The number of aromatic nitrogens is 3. The summed E-state index contributed by atoms with van der Waals surface area (Å²) in [5.74, 6) is 0.489. The van der Waals surface area contributed by atoms with E-state index in [2.05, 4.69) is 43.5 Å². The van der Waals surface area contributed by atoms with Crippen molar-refractivity contribution in [2.45, 2.75) is 24.7 Å². The van der Waals surface area contributed by atoms with Crippen LogP contribution in [-0.2, 0) is 53.6 Å². The van der Waals surface area contributed by atoms with E-state index in [1.54, 1.807) is 52.6 Å². The summed E-state index contributed by atoms with van der Waals surface area (Å²) in [5.41, 5.74) is 5.07. The van der Waals surface area contributed by atoms with Crippen LogP contribution in [0.4, 0.5) is 11.5 Å². The number of nitrogens with zero attached hydrogens (tertiary/aromatic N) is 3. The minimum Gasteiger partial charge on any atom is 0 e. The van der Waals surface area contributed by atoms with E-state index >= 15 is 0 Å². The zero-order chi connectivity index (χ0) is 25.4. The van der Waals surface area contributed by atoms with Crippen molar-refractivity contribution >= 4 is 58.2 Å². The molecule has 2 aromatic heterocycles. The number of amides is 3. The third kappa shape index (κ3) is 13.5. The molecule has 0 aromatic carbocycles. The molecule has 0 saturated heterocycles. The molecule has 0 aliphatic rings. The quantitative estimate of drug-likeness (QED) is 0.0875. The van der Waals surface area contributed by atoms with Crippen LogP contribution in [0.5, 0.6) is 0 Å². The summed E-state index contributed by atoms with van der Waals surface area (Å²) in [7, 11) is 6.53. The molecular formula is C20H32N7O5ReSn. The van der Waals surface area contributed by atoms with E-state index in [9.17, 15) is 19.2 Å². The molecule has 0 aliphatic heterocycles. The van der Waals surface area contributed by atoms with E-state index in [0.717, 1.165) is 11.5 Å². The average Bonchev–Trinajstić information content (AvgIpc) is 3.29. The molecule has 2 rings (SSSR count). The Morgan fingerprint density at radius 2 is 1.82 bits per heavy atom. The van der Waals surface area contributed by atoms with Gasteiger partial charge in [0.05, 0.1) is 12.6 Å². The van der Waals surface area contributed by atoms with Crippen LogP contribution in [0.2, 0.25) is 4.94 Å². The standard InChI is InChI=1S/C14H20N6O2.C5H8NO3.CH3.Re.Sn/c1-9-17-12(8-19(9)2)18-13(21)4-5-16-14(22)11-6-10(15)7-20(11)3;1-9-5(8)2-3-6-4-7;;;/h6-8H,4-5,15H2,1-3H3,(H,16,22)(H,18,21);4H,1-3H2,(H,6,7);1H3;;/q;-1;;;/p+1. The Balaban J connectivity index is 0. The van der Waals surface area contributed by atoms with Crippen molar-refractivity contribution in [3.8, 4) is 0 Å². The average molecular weight is 755 g/mol. The number of carbonyl (C=O) groups excluding carboxylic acids is 4. The first-order chi connectivity index (χ1) is 15.7. The fraction of sp³-hybridized carbons (Fsp3) is 0.400. The summed E-state index contributed by atoms with van der Waals surface area (Å²) in [5, 5.41) is 7.71. The number of hydrogen-bond donors (Lipinski definition) is 4. The van der Waals surface area contributed by atoms with Crippen LogP contribution in [0.3, 0.4) is 0 Å². The van der Waals surface area contributed by atoms with E-state index in [0.29, 0.717) is 24.5 Å². The number of aryl methyl sites for hydroxylation is 3. The summed E-state index contributed by atoms with van der Waals surface area (Å²) in [6.07, 6.45) is 4.39. The molecule has 12 nitrogen and oxygen atoms in total. The van der Waals surface area contributed by atoms with E-state index in [1.807, 2.05) is 18.5 Å². The molecule has 14 heteroatoms. The van der Waals surface area contributed by atoms with Gasteiger partial charge >= 0.3 is 27.5 Å². The molecule has 2 heterocycles. The maximum absolute atomic E-state index is 12.0.